The molecule has 100 valence electrons. The van der Waals surface area contributed by atoms with Crippen molar-refractivity contribution < 1.29 is 14.1 Å². The van der Waals surface area contributed by atoms with Gasteiger partial charge in [-0.25, -0.2) is 0 Å². The smallest absolute Gasteiger partial charge is 0.289 e. The molecule has 5 heteroatoms. The molecule has 0 saturated heterocycles. The summed E-state index contributed by atoms with van der Waals surface area (Å²) in [7, 11) is 0. The molecule has 0 heterocycles. The Bertz CT molecular complexity index is 740. The second kappa shape index (κ2) is 4.52. The van der Waals surface area contributed by atoms with Crippen molar-refractivity contribution >= 4 is 11.5 Å². The lowest BCUT2D eigenvalue weighted by atomic mass is 9.82. The largest absolute Gasteiger partial charge is 0.305 e. The molecular formula is C15H10FNO3. The van der Waals surface area contributed by atoms with Crippen molar-refractivity contribution in [1.29, 1.82) is 0 Å². The molecule has 0 aliphatic heterocycles. The molecule has 0 saturated carbocycles. The van der Waals surface area contributed by atoms with Crippen molar-refractivity contribution in [3.63, 3.8) is 0 Å². The van der Waals surface area contributed by atoms with E-state index in [4.69, 9.17) is 0 Å². The van der Waals surface area contributed by atoms with Crippen LogP contribution in [0, 0.1) is 15.9 Å². The predicted molar refractivity (Wildman–Crippen MR) is 70.3 cm³/mol. The number of halogens is 1. The maximum absolute atomic E-state index is 13.3. The zero-order valence-electron chi connectivity index (χ0n) is 10.4. The minimum absolute atomic E-state index is 0.137. The van der Waals surface area contributed by atoms with E-state index in [0.29, 0.717) is 5.56 Å². The first kappa shape index (κ1) is 12.5. The van der Waals surface area contributed by atoms with E-state index < -0.39 is 16.4 Å². The second-order valence-electron chi connectivity index (χ2n) is 4.70. The van der Waals surface area contributed by atoms with Gasteiger partial charge in [0.1, 0.15) is 0 Å². The molecule has 0 amide bonds. The lowest BCUT2D eigenvalue weighted by Crippen LogP contribution is -2.15. The first-order chi connectivity index (χ1) is 9.58. The third kappa shape index (κ3) is 1.87. The molecule has 4 nitrogen and oxygen atoms in total. The van der Waals surface area contributed by atoms with Crippen LogP contribution < -0.4 is 0 Å². The molecule has 0 unspecified atom stereocenters. The summed E-state index contributed by atoms with van der Waals surface area (Å²) in [4.78, 5) is 22.3. The highest BCUT2D eigenvalue weighted by Gasteiger charge is 2.23. The van der Waals surface area contributed by atoms with Gasteiger partial charge in [-0.15, -0.1) is 0 Å². The number of ketones is 1. The highest BCUT2D eigenvalue weighted by Crippen LogP contribution is 2.29. The second-order valence-corrected chi connectivity index (χ2v) is 4.70. The number of nitrogens with zero attached hydrogens (tertiary/aromatic N) is 1. The van der Waals surface area contributed by atoms with Crippen LogP contribution in [0.1, 0.15) is 27.0 Å². The molecule has 2 aromatic carbocycles. The minimum atomic E-state index is -0.937. The van der Waals surface area contributed by atoms with Crippen molar-refractivity contribution in [2.75, 3.05) is 0 Å². The van der Waals surface area contributed by atoms with Crippen LogP contribution in [0.2, 0.25) is 0 Å². The third-order valence-corrected chi connectivity index (χ3v) is 3.57. The molecule has 0 N–H and O–H groups in total. The highest BCUT2D eigenvalue weighted by atomic mass is 19.1. The topological polar surface area (TPSA) is 60.2 Å². The van der Waals surface area contributed by atoms with Crippen LogP contribution in [0.5, 0.6) is 0 Å². The summed E-state index contributed by atoms with van der Waals surface area (Å²) in [5.74, 6) is -1.24. The Morgan fingerprint density at radius 1 is 1.20 bits per heavy atom. The maximum Gasteiger partial charge on any atom is 0.305 e. The number of hydrogen-bond acceptors (Lipinski definition) is 3. The quantitative estimate of drug-likeness (QED) is 0.489. The number of nitro groups is 1. The number of rotatable bonds is 3. The van der Waals surface area contributed by atoms with E-state index in [1.165, 1.54) is 6.07 Å². The van der Waals surface area contributed by atoms with Gasteiger partial charge < -0.3 is 0 Å². The van der Waals surface area contributed by atoms with Crippen molar-refractivity contribution in [3.05, 3.63) is 74.6 Å². The Hall–Kier alpha value is -2.56. The van der Waals surface area contributed by atoms with Crippen molar-refractivity contribution in [2.24, 2.45) is 0 Å². The molecule has 0 radical (unpaired) electrons. The predicted octanol–water partition coefficient (Wildman–Crippen LogP) is 3.06. The molecular weight excluding hydrogens is 261 g/mol. The molecule has 3 rings (SSSR count). The van der Waals surface area contributed by atoms with Gasteiger partial charge in [-0.05, 0) is 36.1 Å². The van der Waals surface area contributed by atoms with Crippen molar-refractivity contribution in [1.82, 2.24) is 0 Å². The lowest BCUT2D eigenvalue weighted by molar-refractivity contribution is -0.387. The number of nitro benzene ring substituents is 1. The van der Waals surface area contributed by atoms with E-state index in [9.17, 15) is 19.3 Å². The van der Waals surface area contributed by atoms with E-state index in [-0.39, 0.29) is 11.3 Å². The summed E-state index contributed by atoms with van der Waals surface area (Å²) in [5.41, 5.74) is 2.13. The van der Waals surface area contributed by atoms with Crippen LogP contribution >= 0.6 is 0 Å². The van der Waals surface area contributed by atoms with Gasteiger partial charge in [-0.2, -0.15) is 4.39 Å². The fourth-order valence-corrected chi connectivity index (χ4v) is 2.41. The Labute approximate surface area is 114 Å². The van der Waals surface area contributed by atoms with E-state index >= 15 is 0 Å². The lowest BCUT2D eigenvalue weighted by Gasteiger charge is -2.21. The standard InChI is InChI=1S/C15H10FNO3/c16-13-7-5-10(8-14(13)17(19)20)15(18)12-3-1-2-9-4-6-11(9)12/h1-3,5,7-8H,4,6H2. The molecule has 1 aliphatic carbocycles. The van der Waals surface area contributed by atoms with Gasteiger partial charge in [0, 0.05) is 17.2 Å². The number of aryl methyl sites for hydroxylation is 1. The summed E-state index contributed by atoms with van der Waals surface area (Å²) in [5, 5.41) is 10.7. The van der Waals surface area contributed by atoms with Gasteiger partial charge in [-0.1, -0.05) is 18.2 Å². The molecule has 0 atom stereocenters. The fourth-order valence-electron chi connectivity index (χ4n) is 2.41. The van der Waals surface area contributed by atoms with Gasteiger partial charge in [0.15, 0.2) is 5.78 Å². The highest BCUT2D eigenvalue weighted by molar-refractivity contribution is 6.10. The summed E-state index contributed by atoms with van der Waals surface area (Å²) in [6.45, 7) is 0. The van der Waals surface area contributed by atoms with Crippen LogP contribution in [-0.2, 0) is 12.8 Å². The average Bonchev–Trinajstić information content (AvgIpc) is 2.39. The van der Waals surface area contributed by atoms with Gasteiger partial charge in [0.05, 0.1) is 4.92 Å². The Kier molecular flexibility index (Phi) is 2.82. The molecule has 1 aliphatic rings. The van der Waals surface area contributed by atoms with Crippen molar-refractivity contribution in [2.45, 2.75) is 12.8 Å². The first-order valence-electron chi connectivity index (χ1n) is 6.17. The Morgan fingerprint density at radius 2 is 2.00 bits per heavy atom. The number of carbonyl (C=O) groups is 1. The van der Waals surface area contributed by atoms with E-state index in [1.54, 1.807) is 12.1 Å². The Balaban J connectivity index is 2.05. The number of carbonyl (C=O) groups excluding carboxylic acids is 1. The van der Waals surface area contributed by atoms with Crippen LogP contribution in [0.4, 0.5) is 10.1 Å². The summed E-state index contributed by atoms with van der Waals surface area (Å²) in [6, 6.07) is 8.69. The number of hydrogen-bond donors (Lipinski definition) is 0. The third-order valence-electron chi connectivity index (χ3n) is 3.57. The monoisotopic (exact) mass is 271 g/mol. The van der Waals surface area contributed by atoms with Crippen molar-refractivity contribution in [3.8, 4) is 0 Å². The van der Waals surface area contributed by atoms with Crippen LogP contribution in [0.15, 0.2) is 36.4 Å². The number of fused-ring (bicyclic) bond motifs is 1. The SMILES string of the molecule is O=C(c1ccc(F)c([N+](=O)[O-])c1)c1cccc2c1CC2. The Morgan fingerprint density at radius 3 is 2.65 bits per heavy atom. The molecule has 2 aromatic rings. The maximum atomic E-state index is 13.3. The summed E-state index contributed by atoms with van der Waals surface area (Å²) >= 11 is 0. The fraction of sp³-hybridized carbons (Fsp3) is 0.133. The molecule has 20 heavy (non-hydrogen) atoms. The minimum Gasteiger partial charge on any atom is -0.289 e. The van der Waals surface area contributed by atoms with Crippen LogP contribution in [0.25, 0.3) is 0 Å². The molecule has 0 bridgehead atoms. The zero-order valence-corrected chi connectivity index (χ0v) is 10.4. The average molecular weight is 271 g/mol. The first-order valence-corrected chi connectivity index (χ1v) is 6.17. The van der Waals surface area contributed by atoms with Gasteiger partial charge in [0.25, 0.3) is 0 Å². The van der Waals surface area contributed by atoms with Crippen LogP contribution in [-0.4, -0.2) is 10.7 Å². The van der Waals surface area contributed by atoms with E-state index in [0.717, 1.165) is 36.1 Å². The normalized spacial score (nSPS) is 12.4. The van der Waals surface area contributed by atoms with Crippen LogP contribution in [0.3, 0.4) is 0 Å². The van der Waals surface area contributed by atoms with Gasteiger partial charge >= 0.3 is 5.69 Å². The zero-order chi connectivity index (χ0) is 14.3. The molecule has 0 fully saturated rings. The van der Waals surface area contributed by atoms with Gasteiger partial charge in [-0.3, -0.25) is 14.9 Å². The van der Waals surface area contributed by atoms with Gasteiger partial charge in [0.2, 0.25) is 5.82 Å². The number of benzene rings is 2. The molecule has 0 aromatic heterocycles. The van der Waals surface area contributed by atoms with E-state index in [1.807, 2.05) is 6.07 Å². The van der Waals surface area contributed by atoms with E-state index in [2.05, 4.69) is 0 Å². The summed E-state index contributed by atoms with van der Waals surface area (Å²) < 4.78 is 13.3. The summed E-state index contributed by atoms with van der Waals surface area (Å²) in [6.07, 6.45) is 1.78. The molecule has 0 spiro atoms.